The van der Waals surface area contributed by atoms with Gasteiger partial charge in [-0.2, -0.15) is 0 Å². The number of hydrogen-bond acceptors (Lipinski definition) is 5. The highest BCUT2D eigenvalue weighted by molar-refractivity contribution is 7.90. The number of ether oxygens (including phenoxy) is 2. The zero-order valence-corrected chi connectivity index (χ0v) is 14.9. The summed E-state index contributed by atoms with van der Waals surface area (Å²) in [6.45, 7) is 3.88. The van der Waals surface area contributed by atoms with E-state index in [4.69, 9.17) is 9.47 Å². The van der Waals surface area contributed by atoms with E-state index < -0.39 is 21.9 Å². The number of nitrogens with zero attached hydrogens (tertiary/aromatic N) is 1. The van der Waals surface area contributed by atoms with E-state index in [-0.39, 0.29) is 5.75 Å². The molecule has 1 N–H and O–H groups in total. The lowest BCUT2D eigenvalue weighted by Gasteiger charge is -2.28. The first-order valence-corrected chi connectivity index (χ1v) is 9.25. The van der Waals surface area contributed by atoms with Crippen molar-refractivity contribution >= 4 is 21.6 Å². The SMILES string of the molecule is CCN(C(=O)Nc1cc(OC)ccc1OC)[C@H](C)CS(C)(=O)=O. The maximum absolute atomic E-state index is 12.5. The standard InChI is InChI=1S/C15H24N2O5S/c1-6-17(11(2)10-23(5,19)20)15(18)16-13-9-12(21-3)7-8-14(13)22-4/h7-9,11H,6,10H2,1-5H3,(H,16,18)/t11-/m1/s1. The maximum Gasteiger partial charge on any atom is 0.322 e. The van der Waals surface area contributed by atoms with Gasteiger partial charge in [0.05, 0.1) is 25.7 Å². The molecule has 8 heteroatoms. The van der Waals surface area contributed by atoms with Crippen molar-refractivity contribution < 1.29 is 22.7 Å². The fourth-order valence-electron chi connectivity index (χ4n) is 2.28. The average molecular weight is 344 g/mol. The summed E-state index contributed by atoms with van der Waals surface area (Å²) in [4.78, 5) is 13.9. The summed E-state index contributed by atoms with van der Waals surface area (Å²) in [5.74, 6) is 0.975. The van der Waals surface area contributed by atoms with Gasteiger partial charge in [0.1, 0.15) is 21.3 Å². The highest BCUT2D eigenvalue weighted by Gasteiger charge is 2.23. The fourth-order valence-corrected chi connectivity index (χ4v) is 3.34. The van der Waals surface area contributed by atoms with Crippen LogP contribution in [0.15, 0.2) is 18.2 Å². The van der Waals surface area contributed by atoms with Crippen molar-refractivity contribution in [2.45, 2.75) is 19.9 Å². The maximum atomic E-state index is 12.5. The number of nitrogens with one attached hydrogen (secondary N) is 1. The summed E-state index contributed by atoms with van der Waals surface area (Å²) in [5, 5.41) is 2.74. The van der Waals surface area contributed by atoms with Crippen molar-refractivity contribution in [2.24, 2.45) is 0 Å². The number of urea groups is 1. The van der Waals surface area contributed by atoms with Crippen LogP contribution >= 0.6 is 0 Å². The van der Waals surface area contributed by atoms with Gasteiger partial charge in [-0.1, -0.05) is 0 Å². The molecule has 0 aliphatic carbocycles. The molecular formula is C15H24N2O5S. The molecule has 130 valence electrons. The van der Waals surface area contributed by atoms with E-state index in [1.165, 1.54) is 19.1 Å². The number of hydrogen-bond donors (Lipinski definition) is 1. The van der Waals surface area contributed by atoms with Crippen LogP contribution in [0.4, 0.5) is 10.5 Å². The number of amides is 2. The molecule has 0 aromatic heterocycles. The minimum atomic E-state index is -3.17. The van der Waals surface area contributed by atoms with Gasteiger partial charge in [-0.05, 0) is 26.0 Å². The molecule has 23 heavy (non-hydrogen) atoms. The summed E-state index contributed by atoms with van der Waals surface area (Å²) < 4.78 is 33.2. The van der Waals surface area contributed by atoms with E-state index in [1.807, 2.05) is 0 Å². The van der Waals surface area contributed by atoms with Gasteiger partial charge in [0, 0.05) is 24.9 Å². The monoisotopic (exact) mass is 344 g/mol. The molecule has 0 saturated carbocycles. The van der Waals surface area contributed by atoms with Gasteiger partial charge in [-0.3, -0.25) is 0 Å². The first-order valence-electron chi connectivity index (χ1n) is 7.19. The zero-order valence-electron chi connectivity index (χ0n) is 14.1. The third-order valence-electron chi connectivity index (χ3n) is 3.33. The Kier molecular flexibility index (Phi) is 6.68. The number of sulfone groups is 1. The van der Waals surface area contributed by atoms with Gasteiger partial charge in [0.25, 0.3) is 0 Å². The van der Waals surface area contributed by atoms with Crippen molar-refractivity contribution in [3.05, 3.63) is 18.2 Å². The van der Waals surface area contributed by atoms with Crippen LogP contribution in [0.3, 0.4) is 0 Å². The third kappa shape index (κ3) is 5.63. The third-order valence-corrected chi connectivity index (χ3v) is 4.41. The number of rotatable bonds is 7. The lowest BCUT2D eigenvalue weighted by Crippen LogP contribution is -2.44. The predicted octanol–water partition coefficient (Wildman–Crippen LogP) is 1.99. The minimum Gasteiger partial charge on any atom is -0.497 e. The van der Waals surface area contributed by atoms with Crippen molar-refractivity contribution in [3.63, 3.8) is 0 Å². The number of carbonyl (C=O) groups is 1. The molecule has 0 heterocycles. The molecule has 0 saturated heterocycles. The molecule has 1 aromatic carbocycles. The van der Waals surface area contributed by atoms with Gasteiger partial charge in [-0.25, -0.2) is 13.2 Å². The van der Waals surface area contributed by atoms with E-state index in [2.05, 4.69) is 5.32 Å². The molecule has 0 spiro atoms. The first kappa shape index (κ1) is 19.1. The van der Waals surface area contributed by atoms with Crippen molar-refractivity contribution in [3.8, 4) is 11.5 Å². The molecule has 7 nitrogen and oxygen atoms in total. The summed E-state index contributed by atoms with van der Waals surface area (Å²) in [6, 6.07) is 4.22. The lowest BCUT2D eigenvalue weighted by molar-refractivity contribution is 0.201. The molecule has 1 aromatic rings. The van der Waals surface area contributed by atoms with E-state index in [9.17, 15) is 13.2 Å². The molecular weight excluding hydrogens is 320 g/mol. The molecule has 0 aliphatic rings. The van der Waals surface area contributed by atoms with Crippen LogP contribution < -0.4 is 14.8 Å². The largest absolute Gasteiger partial charge is 0.497 e. The second-order valence-electron chi connectivity index (χ2n) is 5.22. The van der Waals surface area contributed by atoms with Crippen LogP contribution in [-0.2, 0) is 9.84 Å². The van der Waals surface area contributed by atoms with E-state index in [0.717, 1.165) is 6.26 Å². The van der Waals surface area contributed by atoms with Crippen molar-refractivity contribution in [1.29, 1.82) is 0 Å². The quantitative estimate of drug-likeness (QED) is 0.818. The van der Waals surface area contributed by atoms with Crippen LogP contribution in [0.1, 0.15) is 13.8 Å². The Balaban J connectivity index is 2.96. The Hall–Kier alpha value is -1.96. The molecule has 0 unspecified atom stereocenters. The molecule has 0 fully saturated rings. The number of benzene rings is 1. The van der Waals surface area contributed by atoms with Gasteiger partial charge in [0.15, 0.2) is 0 Å². The van der Waals surface area contributed by atoms with Gasteiger partial charge in [0.2, 0.25) is 0 Å². The smallest absolute Gasteiger partial charge is 0.322 e. The Morgan fingerprint density at radius 2 is 1.96 bits per heavy atom. The lowest BCUT2D eigenvalue weighted by atomic mass is 10.2. The van der Waals surface area contributed by atoms with Crippen LogP contribution in [0.2, 0.25) is 0 Å². The Morgan fingerprint density at radius 3 is 2.43 bits per heavy atom. The Bertz CT molecular complexity index is 645. The van der Waals surface area contributed by atoms with Crippen LogP contribution in [0.5, 0.6) is 11.5 Å². The van der Waals surface area contributed by atoms with Crippen LogP contribution in [0, 0.1) is 0 Å². The fraction of sp³-hybridized carbons (Fsp3) is 0.533. The molecule has 2 amide bonds. The first-order chi connectivity index (χ1) is 10.7. The second-order valence-corrected chi connectivity index (χ2v) is 7.41. The number of carbonyl (C=O) groups excluding carboxylic acids is 1. The normalized spacial score (nSPS) is 12.4. The average Bonchev–Trinajstić information content (AvgIpc) is 2.45. The van der Waals surface area contributed by atoms with E-state index in [1.54, 1.807) is 32.0 Å². The summed E-state index contributed by atoms with van der Waals surface area (Å²) in [5.41, 5.74) is 0.460. The van der Waals surface area contributed by atoms with E-state index >= 15 is 0 Å². The molecule has 0 bridgehead atoms. The van der Waals surface area contributed by atoms with Gasteiger partial charge < -0.3 is 19.7 Å². The Labute approximate surface area is 137 Å². The van der Waals surface area contributed by atoms with E-state index in [0.29, 0.717) is 23.7 Å². The predicted molar refractivity (Wildman–Crippen MR) is 90.1 cm³/mol. The van der Waals surface area contributed by atoms with Crippen LogP contribution in [0.25, 0.3) is 0 Å². The molecule has 1 rings (SSSR count). The highest BCUT2D eigenvalue weighted by atomic mass is 32.2. The molecule has 1 atom stereocenters. The zero-order chi connectivity index (χ0) is 17.6. The Morgan fingerprint density at radius 1 is 1.30 bits per heavy atom. The highest BCUT2D eigenvalue weighted by Crippen LogP contribution is 2.29. The number of methoxy groups -OCH3 is 2. The van der Waals surface area contributed by atoms with Crippen molar-refractivity contribution in [2.75, 3.05) is 38.1 Å². The summed E-state index contributed by atoms with van der Waals surface area (Å²) in [6.07, 6.45) is 1.15. The second kappa shape index (κ2) is 8.05. The molecule has 0 radical (unpaired) electrons. The summed E-state index contributed by atoms with van der Waals surface area (Å²) in [7, 11) is -0.146. The summed E-state index contributed by atoms with van der Waals surface area (Å²) >= 11 is 0. The van der Waals surface area contributed by atoms with Gasteiger partial charge >= 0.3 is 6.03 Å². The number of anilines is 1. The topological polar surface area (TPSA) is 84.9 Å². The van der Waals surface area contributed by atoms with Crippen LogP contribution in [-0.4, -0.2) is 58.2 Å². The molecule has 0 aliphatic heterocycles. The van der Waals surface area contributed by atoms with Crippen molar-refractivity contribution in [1.82, 2.24) is 4.90 Å². The minimum absolute atomic E-state index is 0.0937. The van der Waals surface area contributed by atoms with Gasteiger partial charge in [-0.15, -0.1) is 0 Å².